The highest BCUT2D eigenvalue weighted by atomic mass is 32.2. The van der Waals surface area contributed by atoms with E-state index in [1.807, 2.05) is 6.07 Å². The van der Waals surface area contributed by atoms with Gasteiger partial charge in [-0.2, -0.15) is 13.2 Å². The summed E-state index contributed by atoms with van der Waals surface area (Å²) in [6.45, 7) is 1.98. The van der Waals surface area contributed by atoms with E-state index in [0.29, 0.717) is 22.6 Å². The Bertz CT molecular complexity index is 1650. The molecule has 5 rings (SSSR count). The van der Waals surface area contributed by atoms with Crippen LogP contribution in [0.3, 0.4) is 0 Å². The third-order valence-electron chi connectivity index (χ3n) is 8.35. The van der Waals surface area contributed by atoms with Crippen molar-refractivity contribution in [2.24, 2.45) is 0 Å². The summed E-state index contributed by atoms with van der Waals surface area (Å²) in [5.74, 6) is 6.05. The van der Waals surface area contributed by atoms with Gasteiger partial charge in [-0.15, -0.1) is 0 Å². The van der Waals surface area contributed by atoms with Crippen LogP contribution in [-0.2, 0) is 21.3 Å². The zero-order chi connectivity index (χ0) is 32.7. The standard InChI is InChI=1S/C32H40F3N5O5S/c1-44-31-21-26(46(42,43)37-14-17-41)7-8-29(31)36-13-3-4-25-20-27-28(5-2-6-30(27)40(25)22-32(33,34)35)38-23-9-15-39(16-10-23)24-11-18-45-19-12-24/h2,5-8,20-21,23-24,36-38,41H,9-19,22H2,1H3. The molecule has 0 aliphatic carbocycles. The van der Waals surface area contributed by atoms with E-state index in [0.717, 1.165) is 57.7 Å². The van der Waals surface area contributed by atoms with Gasteiger partial charge in [0.05, 0.1) is 42.1 Å². The third-order valence-corrected chi connectivity index (χ3v) is 9.81. The van der Waals surface area contributed by atoms with Gasteiger partial charge in [0, 0.05) is 62.1 Å². The van der Waals surface area contributed by atoms with E-state index in [9.17, 15) is 21.6 Å². The predicted molar refractivity (Wildman–Crippen MR) is 171 cm³/mol. The number of piperidine rings is 1. The number of likely N-dealkylation sites (tertiary alicyclic amines) is 1. The van der Waals surface area contributed by atoms with E-state index in [1.165, 1.54) is 29.9 Å². The topological polar surface area (TPSA) is 117 Å². The van der Waals surface area contributed by atoms with Gasteiger partial charge < -0.3 is 34.7 Å². The lowest BCUT2D eigenvalue weighted by Gasteiger charge is -2.39. The molecule has 3 aromatic rings. The number of ether oxygens (including phenoxy) is 2. The highest BCUT2D eigenvalue weighted by molar-refractivity contribution is 7.89. The Morgan fingerprint density at radius 1 is 1.07 bits per heavy atom. The van der Waals surface area contributed by atoms with Crippen molar-refractivity contribution >= 4 is 32.3 Å². The van der Waals surface area contributed by atoms with E-state index in [4.69, 9.17) is 14.6 Å². The summed E-state index contributed by atoms with van der Waals surface area (Å²) in [6.07, 6.45) is -0.437. The minimum Gasteiger partial charge on any atom is -0.495 e. The second-order valence-corrected chi connectivity index (χ2v) is 13.2. The fourth-order valence-electron chi connectivity index (χ4n) is 6.06. The summed E-state index contributed by atoms with van der Waals surface area (Å²) in [6, 6.07) is 12.0. The summed E-state index contributed by atoms with van der Waals surface area (Å²) >= 11 is 0. The number of nitrogens with one attached hydrogen (secondary N) is 3. The molecule has 2 aliphatic rings. The molecule has 2 aliphatic heterocycles. The molecule has 0 radical (unpaired) electrons. The number of methoxy groups -OCH3 is 1. The number of benzene rings is 2. The Morgan fingerprint density at radius 2 is 1.83 bits per heavy atom. The van der Waals surface area contributed by atoms with Crippen molar-refractivity contribution in [2.75, 3.05) is 63.7 Å². The lowest BCUT2D eigenvalue weighted by Crippen LogP contribution is -2.46. The van der Waals surface area contributed by atoms with E-state index in [-0.39, 0.29) is 42.1 Å². The second-order valence-electron chi connectivity index (χ2n) is 11.4. The number of nitrogens with zero attached hydrogens (tertiary/aromatic N) is 2. The van der Waals surface area contributed by atoms with Crippen LogP contribution in [0.4, 0.5) is 24.5 Å². The maximum atomic E-state index is 13.7. The minimum absolute atomic E-state index is 0.0413. The Labute approximate surface area is 267 Å². The molecule has 4 N–H and O–H groups in total. The van der Waals surface area contributed by atoms with Crippen molar-refractivity contribution in [2.45, 2.75) is 55.4 Å². The van der Waals surface area contributed by atoms with Gasteiger partial charge in [-0.1, -0.05) is 12.0 Å². The average Bonchev–Trinajstić information content (AvgIpc) is 3.39. The zero-order valence-corrected chi connectivity index (χ0v) is 26.5. The van der Waals surface area contributed by atoms with E-state index in [1.54, 1.807) is 18.2 Å². The van der Waals surface area contributed by atoms with Crippen molar-refractivity contribution in [3.63, 3.8) is 0 Å². The van der Waals surface area contributed by atoms with E-state index < -0.39 is 22.7 Å². The number of anilines is 2. The quantitative estimate of drug-likeness (QED) is 0.228. The molecule has 250 valence electrons. The molecule has 14 heteroatoms. The highest BCUT2D eigenvalue weighted by Crippen LogP contribution is 2.32. The number of sulfonamides is 1. The van der Waals surface area contributed by atoms with Gasteiger partial charge in [0.15, 0.2) is 0 Å². The number of alkyl halides is 3. The molecule has 0 atom stereocenters. The monoisotopic (exact) mass is 663 g/mol. The molecule has 2 saturated heterocycles. The van der Waals surface area contributed by atoms with Crippen LogP contribution in [0.2, 0.25) is 0 Å². The van der Waals surface area contributed by atoms with Crippen molar-refractivity contribution in [3.05, 3.63) is 48.2 Å². The number of fused-ring (bicyclic) bond motifs is 1. The van der Waals surface area contributed by atoms with Crippen LogP contribution >= 0.6 is 0 Å². The summed E-state index contributed by atoms with van der Waals surface area (Å²) in [5, 5.41) is 16.2. The van der Waals surface area contributed by atoms with Gasteiger partial charge in [0.2, 0.25) is 10.0 Å². The molecule has 46 heavy (non-hydrogen) atoms. The molecular formula is C32H40F3N5O5S. The van der Waals surface area contributed by atoms with Crippen LogP contribution in [-0.4, -0.2) is 94.4 Å². The molecule has 1 aromatic heterocycles. The van der Waals surface area contributed by atoms with Crippen LogP contribution in [0.5, 0.6) is 5.75 Å². The lowest BCUT2D eigenvalue weighted by molar-refractivity contribution is -0.140. The van der Waals surface area contributed by atoms with Crippen LogP contribution in [0, 0.1) is 11.8 Å². The van der Waals surface area contributed by atoms with Gasteiger partial charge in [-0.05, 0) is 61.9 Å². The van der Waals surface area contributed by atoms with Crippen molar-refractivity contribution < 1.29 is 36.2 Å². The lowest BCUT2D eigenvalue weighted by atomic mass is 9.99. The van der Waals surface area contributed by atoms with Crippen molar-refractivity contribution in [3.8, 4) is 17.6 Å². The molecule has 3 heterocycles. The number of hydrogen-bond donors (Lipinski definition) is 4. The fraction of sp³-hybridized carbons (Fsp3) is 0.500. The van der Waals surface area contributed by atoms with Gasteiger partial charge in [0.1, 0.15) is 12.3 Å². The molecule has 2 fully saturated rings. The first-order valence-electron chi connectivity index (χ1n) is 15.4. The fourth-order valence-corrected chi connectivity index (χ4v) is 7.10. The van der Waals surface area contributed by atoms with Gasteiger partial charge >= 0.3 is 6.18 Å². The molecular weight excluding hydrogens is 623 g/mol. The second kappa shape index (κ2) is 15.0. The normalized spacial score (nSPS) is 17.1. The number of aliphatic hydroxyl groups is 1. The number of rotatable bonds is 11. The smallest absolute Gasteiger partial charge is 0.406 e. The van der Waals surface area contributed by atoms with Crippen molar-refractivity contribution in [1.82, 2.24) is 14.2 Å². The molecule has 0 spiro atoms. The first-order chi connectivity index (χ1) is 22.1. The Morgan fingerprint density at radius 3 is 2.52 bits per heavy atom. The molecule has 0 saturated carbocycles. The number of hydrogen-bond acceptors (Lipinski definition) is 8. The Kier molecular flexibility index (Phi) is 11.0. The summed E-state index contributed by atoms with van der Waals surface area (Å²) in [4.78, 5) is 2.49. The maximum Gasteiger partial charge on any atom is 0.406 e. The van der Waals surface area contributed by atoms with Gasteiger partial charge in [-0.3, -0.25) is 0 Å². The zero-order valence-electron chi connectivity index (χ0n) is 25.7. The Balaban J connectivity index is 1.31. The van der Waals surface area contributed by atoms with Crippen molar-refractivity contribution in [1.29, 1.82) is 0 Å². The third kappa shape index (κ3) is 8.45. The molecule has 10 nitrogen and oxygen atoms in total. The summed E-state index contributed by atoms with van der Waals surface area (Å²) < 4.78 is 80.1. The number of halogens is 3. The molecule has 0 amide bonds. The molecule has 2 aromatic carbocycles. The number of aromatic nitrogens is 1. The first kappa shape index (κ1) is 33.9. The highest BCUT2D eigenvalue weighted by Gasteiger charge is 2.30. The largest absolute Gasteiger partial charge is 0.495 e. The van der Waals surface area contributed by atoms with Crippen LogP contribution in [0.1, 0.15) is 31.4 Å². The SMILES string of the molecule is COc1cc(S(=O)(=O)NCCO)ccc1NCC#Cc1cc2c(NC3CCN(C4CCOCC4)CC3)cccc2n1CC(F)(F)F. The molecule has 0 unspecified atom stereocenters. The Hall–Kier alpha value is -3.48. The minimum atomic E-state index is -4.44. The summed E-state index contributed by atoms with van der Waals surface area (Å²) in [7, 11) is -2.45. The first-order valence-corrected chi connectivity index (χ1v) is 16.8. The average molecular weight is 664 g/mol. The van der Waals surface area contributed by atoms with Crippen LogP contribution in [0.15, 0.2) is 47.4 Å². The van der Waals surface area contributed by atoms with Crippen LogP contribution in [0.25, 0.3) is 10.9 Å². The molecule has 0 bridgehead atoms. The summed E-state index contributed by atoms with van der Waals surface area (Å²) in [5.41, 5.74) is 1.94. The van der Waals surface area contributed by atoms with E-state index >= 15 is 0 Å². The van der Waals surface area contributed by atoms with Gasteiger partial charge in [0.25, 0.3) is 0 Å². The predicted octanol–water partition coefficient (Wildman–Crippen LogP) is 4.00. The maximum absolute atomic E-state index is 13.7. The number of aliphatic hydroxyl groups excluding tert-OH is 1. The van der Waals surface area contributed by atoms with Crippen LogP contribution < -0.4 is 20.1 Å². The van der Waals surface area contributed by atoms with E-state index in [2.05, 4.69) is 32.1 Å². The van der Waals surface area contributed by atoms with Gasteiger partial charge in [-0.25, -0.2) is 13.1 Å².